The van der Waals surface area contributed by atoms with Crippen LogP contribution in [0.25, 0.3) is 0 Å². The molecule has 0 saturated carbocycles. The molecule has 7 heteroatoms. The summed E-state index contributed by atoms with van der Waals surface area (Å²) in [6.07, 6.45) is 1.95. The number of benzene rings is 1. The van der Waals surface area contributed by atoms with Crippen molar-refractivity contribution in [1.82, 2.24) is 9.55 Å². The molecule has 0 saturated heterocycles. The Morgan fingerprint density at radius 2 is 2.32 bits per heavy atom. The zero-order chi connectivity index (χ0) is 13.8. The second kappa shape index (κ2) is 5.47. The molecule has 2 rings (SSSR count). The van der Waals surface area contributed by atoms with Gasteiger partial charge in [0.05, 0.1) is 0 Å². The first kappa shape index (κ1) is 13.0. The molecule has 0 unspecified atom stereocenters. The molecule has 6 nitrogen and oxygen atoms in total. The van der Waals surface area contributed by atoms with E-state index in [0.29, 0.717) is 18.8 Å². The van der Waals surface area contributed by atoms with Gasteiger partial charge in [-0.2, -0.15) is 0 Å². The number of aromatic nitrogens is 2. The number of hydrogen-bond donors (Lipinski definition) is 1. The van der Waals surface area contributed by atoms with Crippen molar-refractivity contribution in [3.05, 3.63) is 52.1 Å². The minimum absolute atomic E-state index is 0.207. The first-order valence-corrected chi connectivity index (χ1v) is 5.72. The van der Waals surface area contributed by atoms with Gasteiger partial charge in [-0.15, -0.1) is 0 Å². The second-order valence-electron chi connectivity index (χ2n) is 4.09. The molecule has 0 radical (unpaired) electrons. The van der Waals surface area contributed by atoms with E-state index in [4.69, 9.17) is 0 Å². The second-order valence-corrected chi connectivity index (χ2v) is 4.09. The molecular weight excluding hydrogens is 251 g/mol. The molecule has 0 fully saturated rings. The highest BCUT2D eigenvalue weighted by atomic mass is 19.1. The number of aryl methyl sites for hydroxylation is 1. The number of anilines is 1. The van der Waals surface area contributed by atoms with Gasteiger partial charge in [0.2, 0.25) is 12.1 Å². The van der Waals surface area contributed by atoms with E-state index in [1.807, 2.05) is 6.07 Å². The average molecular weight is 264 g/mol. The van der Waals surface area contributed by atoms with Crippen LogP contribution in [0.1, 0.15) is 5.56 Å². The molecule has 100 valence electrons. The highest BCUT2D eigenvalue weighted by molar-refractivity contribution is 5.52. The zero-order valence-electron chi connectivity index (χ0n) is 10.3. The van der Waals surface area contributed by atoms with Crippen LogP contribution in [-0.4, -0.2) is 21.0 Å². The molecule has 0 spiro atoms. The summed E-state index contributed by atoms with van der Waals surface area (Å²) >= 11 is 0. The minimum atomic E-state index is -0.537. The Kier molecular flexibility index (Phi) is 3.74. The zero-order valence-corrected chi connectivity index (χ0v) is 10.3. The molecular formula is C12H13FN4O2. The lowest BCUT2D eigenvalue weighted by atomic mass is 10.1. The third kappa shape index (κ3) is 3.06. The van der Waals surface area contributed by atoms with Gasteiger partial charge in [-0.1, -0.05) is 12.1 Å². The van der Waals surface area contributed by atoms with Crippen molar-refractivity contribution in [2.45, 2.75) is 6.42 Å². The highest BCUT2D eigenvalue weighted by Crippen LogP contribution is 2.20. The fourth-order valence-electron chi connectivity index (χ4n) is 1.77. The third-order valence-electron chi connectivity index (χ3n) is 2.69. The number of rotatable bonds is 5. The number of halogens is 1. The SMILES string of the molecule is Cn1cnc([N+](=O)[O-])c1NCCc1cccc(F)c1. The number of nitrogens with one attached hydrogen (secondary N) is 1. The molecule has 0 atom stereocenters. The summed E-state index contributed by atoms with van der Waals surface area (Å²) < 4.78 is 14.5. The van der Waals surface area contributed by atoms with Crippen LogP contribution in [0, 0.1) is 15.9 Å². The predicted molar refractivity (Wildman–Crippen MR) is 68.5 cm³/mol. The van der Waals surface area contributed by atoms with E-state index < -0.39 is 4.92 Å². The summed E-state index contributed by atoms with van der Waals surface area (Å²) in [5.41, 5.74) is 0.831. The van der Waals surface area contributed by atoms with Crippen molar-refractivity contribution < 1.29 is 9.31 Å². The molecule has 0 aliphatic carbocycles. The maximum Gasteiger partial charge on any atom is 0.406 e. The Morgan fingerprint density at radius 1 is 1.53 bits per heavy atom. The molecule has 1 N–H and O–H groups in total. The molecule has 2 aromatic rings. The lowest BCUT2D eigenvalue weighted by molar-refractivity contribution is -0.388. The quantitative estimate of drug-likeness (QED) is 0.663. The third-order valence-corrected chi connectivity index (χ3v) is 2.69. The minimum Gasteiger partial charge on any atom is -0.364 e. The van der Waals surface area contributed by atoms with Crippen LogP contribution >= 0.6 is 0 Å². The van der Waals surface area contributed by atoms with Gasteiger partial charge in [0, 0.05) is 13.6 Å². The molecule has 1 aromatic heterocycles. The fourth-order valence-corrected chi connectivity index (χ4v) is 1.77. The number of imidazole rings is 1. The summed E-state index contributed by atoms with van der Waals surface area (Å²) in [5.74, 6) is -0.146. The highest BCUT2D eigenvalue weighted by Gasteiger charge is 2.19. The molecule has 19 heavy (non-hydrogen) atoms. The van der Waals surface area contributed by atoms with Crippen LogP contribution in [0.2, 0.25) is 0 Å². The van der Waals surface area contributed by atoms with Crippen molar-refractivity contribution in [2.75, 3.05) is 11.9 Å². The van der Waals surface area contributed by atoms with Gasteiger partial charge < -0.3 is 15.4 Å². The van der Waals surface area contributed by atoms with E-state index in [9.17, 15) is 14.5 Å². The molecule has 0 bridgehead atoms. The molecule has 0 aliphatic heterocycles. The van der Waals surface area contributed by atoms with E-state index >= 15 is 0 Å². The Hall–Kier alpha value is -2.44. The smallest absolute Gasteiger partial charge is 0.364 e. The normalized spacial score (nSPS) is 10.4. The largest absolute Gasteiger partial charge is 0.406 e. The first-order chi connectivity index (χ1) is 9.08. The Morgan fingerprint density at radius 3 is 3.00 bits per heavy atom. The van der Waals surface area contributed by atoms with E-state index in [2.05, 4.69) is 10.3 Å². The van der Waals surface area contributed by atoms with Crippen LogP contribution in [-0.2, 0) is 13.5 Å². The van der Waals surface area contributed by atoms with E-state index in [1.165, 1.54) is 18.5 Å². The fraction of sp³-hybridized carbons (Fsp3) is 0.250. The van der Waals surface area contributed by atoms with Gasteiger partial charge in [0.25, 0.3) is 0 Å². The number of nitrogens with zero attached hydrogens (tertiary/aromatic N) is 3. The van der Waals surface area contributed by atoms with Crippen molar-refractivity contribution >= 4 is 11.6 Å². The van der Waals surface area contributed by atoms with Crippen LogP contribution in [0.4, 0.5) is 16.0 Å². The summed E-state index contributed by atoms with van der Waals surface area (Å²) in [6.45, 7) is 0.462. The van der Waals surface area contributed by atoms with Crippen LogP contribution in [0.3, 0.4) is 0 Å². The topological polar surface area (TPSA) is 73.0 Å². The lowest BCUT2D eigenvalue weighted by Gasteiger charge is -2.06. The van der Waals surface area contributed by atoms with Crippen molar-refractivity contribution in [1.29, 1.82) is 0 Å². The van der Waals surface area contributed by atoms with Gasteiger partial charge in [0.1, 0.15) is 5.82 Å². The van der Waals surface area contributed by atoms with Gasteiger partial charge in [-0.3, -0.25) is 4.57 Å². The lowest BCUT2D eigenvalue weighted by Crippen LogP contribution is -2.09. The Labute approximate surface area is 109 Å². The molecule has 1 heterocycles. The van der Waals surface area contributed by atoms with Crippen LogP contribution in [0.5, 0.6) is 0 Å². The van der Waals surface area contributed by atoms with Gasteiger partial charge in [-0.25, -0.2) is 4.39 Å². The standard InChI is InChI=1S/C12H13FN4O2/c1-16-8-15-12(17(18)19)11(16)14-6-5-9-3-2-4-10(13)7-9/h2-4,7-8,14H,5-6H2,1H3. The van der Waals surface area contributed by atoms with Gasteiger partial charge >= 0.3 is 5.82 Å². The van der Waals surface area contributed by atoms with Crippen molar-refractivity contribution in [3.63, 3.8) is 0 Å². The Balaban J connectivity index is 2.00. The van der Waals surface area contributed by atoms with Crippen molar-refractivity contribution in [3.8, 4) is 0 Å². The van der Waals surface area contributed by atoms with E-state index in [0.717, 1.165) is 5.56 Å². The van der Waals surface area contributed by atoms with Crippen LogP contribution < -0.4 is 5.32 Å². The molecule has 0 amide bonds. The summed E-state index contributed by atoms with van der Waals surface area (Å²) in [4.78, 5) is 13.9. The van der Waals surface area contributed by atoms with Gasteiger partial charge in [-0.05, 0) is 34.0 Å². The number of nitro groups is 1. The summed E-state index contributed by atoms with van der Waals surface area (Å²) in [6, 6.07) is 6.27. The maximum atomic E-state index is 13.0. The number of hydrogen-bond acceptors (Lipinski definition) is 4. The molecule has 0 aliphatic rings. The summed E-state index contributed by atoms with van der Waals surface area (Å²) in [5, 5.41) is 13.7. The van der Waals surface area contributed by atoms with E-state index in [-0.39, 0.29) is 11.6 Å². The average Bonchev–Trinajstić information content (AvgIpc) is 2.71. The van der Waals surface area contributed by atoms with Gasteiger partial charge in [0.15, 0.2) is 0 Å². The summed E-state index contributed by atoms with van der Waals surface area (Å²) in [7, 11) is 1.67. The monoisotopic (exact) mass is 264 g/mol. The van der Waals surface area contributed by atoms with E-state index in [1.54, 1.807) is 17.7 Å². The predicted octanol–water partition coefficient (Wildman–Crippen LogP) is 2.12. The molecule has 1 aromatic carbocycles. The van der Waals surface area contributed by atoms with Crippen LogP contribution in [0.15, 0.2) is 30.6 Å². The first-order valence-electron chi connectivity index (χ1n) is 5.72. The Bertz CT molecular complexity index is 597. The maximum absolute atomic E-state index is 13.0. The van der Waals surface area contributed by atoms with Crippen molar-refractivity contribution in [2.24, 2.45) is 7.05 Å².